The van der Waals surface area contributed by atoms with Crippen molar-refractivity contribution in [2.24, 2.45) is 0 Å². The van der Waals surface area contributed by atoms with Gasteiger partial charge in [-0.2, -0.15) is 0 Å². The molecule has 0 radical (unpaired) electrons. The topological polar surface area (TPSA) is 92.4 Å². The molecule has 0 fully saturated rings. The van der Waals surface area contributed by atoms with E-state index in [0.717, 1.165) is 22.5 Å². The maximum Gasteiger partial charge on any atom is 0.269 e. The number of thiazole rings is 1. The number of hydrazine groups is 1. The Labute approximate surface area is 173 Å². The Kier molecular flexibility index (Phi) is 6.80. The van der Waals surface area contributed by atoms with Gasteiger partial charge in [-0.3, -0.25) is 20.4 Å². The first-order chi connectivity index (χ1) is 14.0. The van der Waals surface area contributed by atoms with Crippen molar-refractivity contribution in [1.82, 2.24) is 15.8 Å². The Balaban J connectivity index is 1.42. The minimum absolute atomic E-state index is 0.0492. The number of carbonyl (C=O) groups is 2. The normalized spacial score (nSPS) is 10.3. The number of aryl methyl sites for hydroxylation is 2. The largest absolute Gasteiger partial charge is 0.487 e. The number of aromatic nitrogens is 1. The zero-order valence-corrected chi connectivity index (χ0v) is 17.0. The third-order valence-electron chi connectivity index (χ3n) is 4.12. The molecule has 7 nitrogen and oxygen atoms in total. The average Bonchev–Trinajstić information content (AvgIpc) is 3.24. The van der Waals surface area contributed by atoms with Crippen molar-refractivity contribution < 1.29 is 14.3 Å². The number of nitrogens with zero attached hydrogens (tertiary/aromatic N) is 1. The van der Waals surface area contributed by atoms with Crippen LogP contribution in [0.4, 0.5) is 5.69 Å². The standard InChI is InChI=1S/C21H22N4O3S/c1-14-3-8-19(15(2)9-14)22-10-20(26)24-25-21(27)16-4-6-18(7-5-16)28-11-17-12-29-13-23-17/h3-9,12-13,22H,10-11H2,1-2H3,(H,24,26)(H,25,27). The number of nitrogens with one attached hydrogen (secondary N) is 3. The van der Waals surface area contributed by atoms with Gasteiger partial charge in [0.25, 0.3) is 11.8 Å². The second kappa shape index (κ2) is 9.70. The smallest absolute Gasteiger partial charge is 0.269 e. The first-order valence-corrected chi connectivity index (χ1v) is 9.96. The van der Waals surface area contributed by atoms with Crippen molar-refractivity contribution in [1.29, 1.82) is 0 Å². The molecule has 3 N–H and O–H groups in total. The summed E-state index contributed by atoms with van der Waals surface area (Å²) in [5.74, 6) is -0.117. The Hall–Kier alpha value is -3.39. The summed E-state index contributed by atoms with van der Waals surface area (Å²) in [6.45, 7) is 4.41. The van der Waals surface area contributed by atoms with E-state index in [4.69, 9.17) is 4.74 Å². The van der Waals surface area contributed by atoms with Crippen LogP contribution in [0, 0.1) is 13.8 Å². The summed E-state index contributed by atoms with van der Waals surface area (Å²) >= 11 is 1.51. The lowest BCUT2D eigenvalue weighted by Crippen LogP contribution is -2.44. The third-order valence-corrected chi connectivity index (χ3v) is 4.76. The fraction of sp³-hybridized carbons (Fsp3) is 0.190. The molecule has 0 bridgehead atoms. The highest BCUT2D eigenvalue weighted by molar-refractivity contribution is 7.07. The minimum Gasteiger partial charge on any atom is -0.487 e. The SMILES string of the molecule is Cc1ccc(NCC(=O)NNC(=O)c2ccc(OCc3cscn3)cc2)c(C)c1. The Morgan fingerprint density at radius 3 is 2.55 bits per heavy atom. The van der Waals surface area contributed by atoms with Gasteiger partial charge in [0.1, 0.15) is 12.4 Å². The van der Waals surface area contributed by atoms with Crippen molar-refractivity contribution >= 4 is 28.8 Å². The molecule has 2 aromatic carbocycles. The number of anilines is 1. The van der Waals surface area contributed by atoms with Crippen LogP contribution in [0.2, 0.25) is 0 Å². The second-order valence-corrected chi connectivity index (χ2v) is 7.19. The number of rotatable bonds is 7. The zero-order valence-electron chi connectivity index (χ0n) is 16.2. The lowest BCUT2D eigenvalue weighted by atomic mass is 10.1. The summed E-state index contributed by atoms with van der Waals surface area (Å²) in [7, 11) is 0. The van der Waals surface area contributed by atoms with Crippen molar-refractivity contribution in [3.8, 4) is 5.75 Å². The van der Waals surface area contributed by atoms with Crippen molar-refractivity contribution in [2.45, 2.75) is 20.5 Å². The monoisotopic (exact) mass is 410 g/mol. The van der Waals surface area contributed by atoms with Crippen LogP contribution < -0.4 is 20.9 Å². The van der Waals surface area contributed by atoms with Crippen LogP contribution in [-0.2, 0) is 11.4 Å². The van der Waals surface area contributed by atoms with Gasteiger partial charge in [-0.25, -0.2) is 4.98 Å². The quantitative estimate of drug-likeness (QED) is 0.520. The van der Waals surface area contributed by atoms with E-state index in [2.05, 4.69) is 21.2 Å². The molecule has 1 aromatic heterocycles. The first kappa shape index (κ1) is 20.3. The summed E-state index contributed by atoms with van der Waals surface area (Å²) < 4.78 is 5.61. The number of hydrogen-bond donors (Lipinski definition) is 3. The highest BCUT2D eigenvalue weighted by atomic mass is 32.1. The number of hydrogen-bond acceptors (Lipinski definition) is 6. The van der Waals surface area contributed by atoms with Crippen molar-refractivity contribution in [2.75, 3.05) is 11.9 Å². The number of amides is 2. The molecule has 3 rings (SSSR count). The molecule has 8 heteroatoms. The lowest BCUT2D eigenvalue weighted by molar-refractivity contribution is -0.120. The highest BCUT2D eigenvalue weighted by Crippen LogP contribution is 2.16. The average molecular weight is 410 g/mol. The third kappa shape index (κ3) is 6.05. The van der Waals surface area contributed by atoms with E-state index in [9.17, 15) is 9.59 Å². The number of benzene rings is 2. The molecule has 0 atom stereocenters. The van der Waals surface area contributed by atoms with Crippen LogP contribution in [-0.4, -0.2) is 23.3 Å². The van der Waals surface area contributed by atoms with Gasteiger partial charge in [0.2, 0.25) is 0 Å². The van der Waals surface area contributed by atoms with Crippen LogP contribution >= 0.6 is 11.3 Å². The molecule has 0 unspecified atom stereocenters. The Morgan fingerprint density at radius 1 is 1.07 bits per heavy atom. The van der Waals surface area contributed by atoms with E-state index >= 15 is 0 Å². The summed E-state index contributed by atoms with van der Waals surface area (Å²) in [5.41, 5.74) is 10.9. The van der Waals surface area contributed by atoms with Gasteiger partial charge in [0.05, 0.1) is 17.7 Å². The van der Waals surface area contributed by atoms with Gasteiger partial charge >= 0.3 is 0 Å². The molecule has 29 heavy (non-hydrogen) atoms. The molecule has 0 aliphatic carbocycles. The lowest BCUT2D eigenvalue weighted by Gasteiger charge is -2.11. The van der Waals surface area contributed by atoms with Crippen LogP contribution in [0.15, 0.2) is 53.4 Å². The second-order valence-electron chi connectivity index (χ2n) is 6.47. The predicted molar refractivity (Wildman–Crippen MR) is 113 cm³/mol. The highest BCUT2D eigenvalue weighted by Gasteiger charge is 2.08. The molecule has 3 aromatic rings. The molecular formula is C21H22N4O3S. The van der Waals surface area contributed by atoms with Crippen LogP contribution in [0.5, 0.6) is 5.75 Å². The molecule has 0 aliphatic heterocycles. The van der Waals surface area contributed by atoms with E-state index in [1.54, 1.807) is 29.8 Å². The number of ether oxygens (including phenoxy) is 1. The first-order valence-electron chi connectivity index (χ1n) is 9.01. The van der Waals surface area contributed by atoms with Gasteiger partial charge in [-0.15, -0.1) is 11.3 Å². The minimum atomic E-state index is -0.407. The van der Waals surface area contributed by atoms with E-state index in [-0.39, 0.29) is 12.5 Å². The summed E-state index contributed by atoms with van der Waals surface area (Å²) in [6.07, 6.45) is 0. The number of carbonyl (C=O) groups excluding carboxylic acids is 2. The fourth-order valence-electron chi connectivity index (χ4n) is 2.60. The molecule has 2 amide bonds. The molecule has 0 spiro atoms. The van der Waals surface area contributed by atoms with Crippen LogP contribution in [0.3, 0.4) is 0 Å². The molecule has 0 saturated carbocycles. The van der Waals surface area contributed by atoms with E-state index < -0.39 is 5.91 Å². The van der Waals surface area contributed by atoms with E-state index in [0.29, 0.717) is 17.9 Å². The fourth-order valence-corrected chi connectivity index (χ4v) is 3.14. The molecule has 1 heterocycles. The summed E-state index contributed by atoms with van der Waals surface area (Å²) in [6, 6.07) is 12.6. The maximum atomic E-state index is 12.2. The zero-order chi connectivity index (χ0) is 20.6. The van der Waals surface area contributed by atoms with Crippen LogP contribution in [0.1, 0.15) is 27.2 Å². The van der Waals surface area contributed by atoms with Crippen molar-refractivity contribution in [3.63, 3.8) is 0 Å². The molecule has 0 saturated heterocycles. The Morgan fingerprint density at radius 2 is 1.86 bits per heavy atom. The predicted octanol–water partition coefficient (Wildman–Crippen LogP) is 3.21. The van der Waals surface area contributed by atoms with Gasteiger partial charge < -0.3 is 10.1 Å². The molecular weight excluding hydrogens is 388 g/mol. The van der Waals surface area contributed by atoms with Gasteiger partial charge in [-0.1, -0.05) is 17.7 Å². The van der Waals surface area contributed by atoms with E-state index in [1.165, 1.54) is 11.3 Å². The molecule has 150 valence electrons. The van der Waals surface area contributed by atoms with E-state index in [1.807, 2.05) is 37.4 Å². The molecule has 0 aliphatic rings. The van der Waals surface area contributed by atoms with Crippen molar-refractivity contribution in [3.05, 3.63) is 75.7 Å². The summed E-state index contributed by atoms with van der Waals surface area (Å²) in [4.78, 5) is 28.3. The van der Waals surface area contributed by atoms with Gasteiger partial charge in [0, 0.05) is 16.6 Å². The maximum absolute atomic E-state index is 12.2. The van der Waals surface area contributed by atoms with Gasteiger partial charge in [-0.05, 0) is 49.7 Å². The van der Waals surface area contributed by atoms with Crippen LogP contribution in [0.25, 0.3) is 0 Å². The summed E-state index contributed by atoms with van der Waals surface area (Å²) in [5, 5.41) is 4.97. The van der Waals surface area contributed by atoms with Gasteiger partial charge in [0.15, 0.2) is 0 Å². The Bertz CT molecular complexity index is 972.